The normalized spacial score (nSPS) is 24.0. The Labute approximate surface area is 220 Å². The second kappa shape index (κ2) is 11.3. The number of likely N-dealkylation sites (tertiary alicyclic amines) is 1. The van der Waals surface area contributed by atoms with E-state index in [2.05, 4.69) is 11.4 Å². The second-order valence-electron chi connectivity index (χ2n) is 11.5. The molecular weight excluding hydrogens is 470 g/mol. The SMILES string of the molecule is Cc1cccc(C)c1NC(=O)CC1OC2CN(C(=O)OC(C)(C)C)CC2N(CCC2=CCCCC2)C1=O. The molecule has 2 saturated heterocycles. The predicted octanol–water partition coefficient (Wildman–Crippen LogP) is 4.74. The van der Waals surface area contributed by atoms with Gasteiger partial charge in [0.2, 0.25) is 5.91 Å². The highest BCUT2D eigenvalue weighted by Gasteiger charge is 2.49. The van der Waals surface area contributed by atoms with Gasteiger partial charge in [-0.25, -0.2) is 4.79 Å². The van der Waals surface area contributed by atoms with Gasteiger partial charge in [-0.3, -0.25) is 9.59 Å². The average molecular weight is 512 g/mol. The van der Waals surface area contributed by atoms with E-state index in [-0.39, 0.29) is 30.4 Å². The maximum Gasteiger partial charge on any atom is 0.410 e. The van der Waals surface area contributed by atoms with Gasteiger partial charge in [-0.1, -0.05) is 29.8 Å². The van der Waals surface area contributed by atoms with Crippen molar-refractivity contribution in [3.8, 4) is 0 Å². The van der Waals surface area contributed by atoms with Crippen molar-refractivity contribution in [3.63, 3.8) is 0 Å². The predicted molar refractivity (Wildman–Crippen MR) is 142 cm³/mol. The molecule has 3 aliphatic rings. The van der Waals surface area contributed by atoms with E-state index >= 15 is 0 Å². The molecule has 3 amide bonds. The zero-order chi connectivity index (χ0) is 26.7. The number of fused-ring (bicyclic) bond motifs is 1. The van der Waals surface area contributed by atoms with Gasteiger partial charge in [-0.15, -0.1) is 0 Å². The second-order valence-corrected chi connectivity index (χ2v) is 11.5. The third kappa shape index (κ3) is 6.72. The number of nitrogens with zero attached hydrogens (tertiary/aromatic N) is 2. The fraction of sp³-hybridized carbons (Fsp3) is 0.621. The lowest BCUT2D eigenvalue weighted by Gasteiger charge is -2.40. The Kier molecular flexibility index (Phi) is 8.26. The summed E-state index contributed by atoms with van der Waals surface area (Å²) in [5.74, 6) is -0.438. The standard InChI is InChI=1S/C29H41N3O5/c1-19-10-9-11-20(2)26(19)30-25(33)16-23-27(34)32(15-14-21-12-7-6-8-13-21)22-17-31(18-24(22)36-23)28(35)37-29(3,4)5/h9-12,22-24H,6-8,13-18H2,1-5H3,(H,30,33). The minimum atomic E-state index is -0.885. The minimum absolute atomic E-state index is 0.0680. The summed E-state index contributed by atoms with van der Waals surface area (Å²) in [6.07, 6.45) is 5.94. The first-order valence-electron chi connectivity index (χ1n) is 13.5. The Bertz CT molecular complexity index is 1040. The fourth-order valence-electron chi connectivity index (χ4n) is 5.46. The number of hydrogen-bond acceptors (Lipinski definition) is 5. The van der Waals surface area contributed by atoms with Crippen molar-refractivity contribution in [1.29, 1.82) is 0 Å². The van der Waals surface area contributed by atoms with E-state index in [0.717, 1.165) is 36.1 Å². The van der Waals surface area contributed by atoms with Gasteiger partial charge >= 0.3 is 6.09 Å². The van der Waals surface area contributed by atoms with Gasteiger partial charge in [0.25, 0.3) is 5.91 Å². The smallest absolute Gasteiger partial charge is 0.410 e. The molecular formula is C29H41N3O5. The van der Waals surface area contributed by atoms with Crippen LogP contribution in [0.5, 0.6) is 0 Å². The molecule has 0 radical (unpaired) electrons. The molecule has 0 spiro atoms. The van der Waals surface area contributed by atoms with Gasteiger partial charge in [-0.05, 0) is 77.8 Å². The number of allylic oxidation sites excluding steroid dienone is 1. The lowest BCUT2D eigenvalue weighted by molar-refractivity contribution is -0.168. The molecule has 2 heterocycles. The van der Waals surface area contributed by atoms with Gasteiger partial charge in [0.15, 0.2) is 0 Å². The van der Waals surface area contributed by atoms with Crippen LogP contribution in [0.1, 0.15) is 70.4 Å². The number of para-hydroxylation sites is 1. The maximum atomic E-state index is 13.6. The Balaban J connectivity index is 1.48. The van der Waals surface area contributed by atoms with Crippen molar-refractivity contribution in [2.24, 2.45) is 0 Å². The number of morpholine rings is 1. The molecule has 3 unspecified atom stereocenters. The van der Waals surface area contributed by atoms with Crippen LogP contribution in [0.25, 0.3) is 0 Å². The molecule has 202 valence electrons. The van der Waals surface area contributed by atoms with Crippen LogP contribution in [-0.4, -0.2) is 71.2 Å². The zero-order valence-electron chi connectivity index (χ0n) is 22.8. The summed E-state index contributed by atoms with van der Waals surface area (Å²) in [7, 11) is 0. The van der Waals surface area contributed by atoms with Crippen LogP contribution >= 0.6 is 0 Å². The van der Waals surface area contributed by atoms with E-state index in [9.17, 15) is 14.4 Å². The molecule has 8 nitrogen and oxygen atoms in total. The molecule has 37 heavy (non-hydrogen) atoms. The quantitative estimate of drug-likeness (QED) is 0.558. The van der Waals surface area contributed by atoms with Crippen LogP contribution in [0.15, 0.2) is 29.8 Å². The fourth-order valence-corrected chi connectivity index (χ4v) is 5.46. The molecule has 0 bridgehead atoms. The van der Waals surface area contributed by atoms with E-state index in [1.165, 1.54) is 18.4 Å². The molecule has 2 fully saturated rings. The molecule has 0 aromatic heterocycles. The average Bonchev–Trinajstić information content (AvgIpc) is 3.25. The van der Waals surface area contributed by atoms with Crippen LogP contribution in [0.4, 0.5) is 10.5 Å². The Morgan fingerprint density at radius 1 is 1.14 bits per heavy atom. The van der Waals surface area contributed by atoms with Crippen LogP contribution in [0.3, 0.4) is 0 Å². The molecule has 3 atom stereocenters. The number of benzene rings is 1. The van der Waals surface area contributed by atoms with E-state index in [1.807, 2.05) is 57.7 Å². The van der Waals surface area contributed by atoms with Gasteiger partial charge in [0, 0.05) is 18.8 Å². The number of carbonyl (C=O) groups excluding carboxylic acids is 3. The third-order valence-corrected chi connectivity index (χ3v) is 7.36. The summed E-state index contributed by atoms with van der Waals surface area (Å²) < 4.78 is 11.8. The lowest BCUT2D eigenvalue weighted by atomic mass is 9.96. The van der Waals surface area contributed by atoms with Gasteiger partial charge < -0.3 is 24.6 Å². The molecule has 2 aliphatic heterocycles. The number of carbonyl (C=O) groups is 3. The number of ether oxygens (including phenoxy) is 2. The summed E-state index contributed by atoms with van der Waals surface area (Å²) in [6.45, 7) is 10.7. The van der Waals surface area contributed by atoms with Crippen LogP contribution in [0, 0.1) is 13.8 Å². The Morgan fingerprint density at radius 3 is 2.51 bits per heavy atom. The molecule has 1 aromatic rings. The number of aryl methyl sites for hydroxylation is 2. The molecule has 1 N–H and O–H groups in total. The summed E-state index contributed by atoms with van der Waals surface area (Å²) in [5.41, 5.74) is 3.48. The lowest BCUT2D eigenvalue weighted by Crippen LogP contribution is -2.58. The number of hydrogen-bond donors (Lipinski definition) is 1. The van der Waals surface area contributed by atoms with Gasteiger partial charge in [0.1, 0.15) is 11.7 Å². The van der Waals surface area contributed by atoms with E-state index < -0.39 is 17.8 Å². The maximum absolute atomic E-state index is 13.6. The number of anilines is 1. The van der Waals surface area contributed by atoms with E-state index in [4.69, 9.17) is 9.47 Å². The first-order valence-corrected chi connectivity index (χ1v) is 13.5. The largest absolute Gasteiger partial charge is 0.444 e. The van der Waals surface area contributed by atoms with Crippen LogP contribution in [-0.2, 0) is 19.1 Å². The molecule has 4 rings (SSSR count). The van der Waals surface area contributed by atoms with Crippen LogP contribution in [0.2, 0.25) is 0 Å². The zero-order valence-corrected chi connectivity index (χ0v) is 22.8. The highest BCUT2D eigenvalue weighted by molar-refractivity contribution is 5.96. The van der Waals surface area contributed by atoms with E-state index in [0.29, 0.717) is 19.6 Å². The third-order valence-electron chi connectivity index (χ3n) is 7.36. The van der Waals surface area contributed by atoms with Gasteiger partial charge in [0.05, 0.1) is 25.1 Å². The van der Waals surface area contributed by atoms with Crippen molar-refractivity contribution in [2.75, 3.05) is 25.0 Å². The minimum Gasteiger partial charge on any atom is -0.444 e. The summed E-state index contributed by atoms with van der Waals surface area (Å²) in [4.78, 5) is 42.9. The van der Waals surface area contributed by atoms with Crippen molar-refractivity contribution in [2.45, 2.75) is 97.0 Å². The van der Waals surface area contributed by atoms with E-state index in [1.54, 1.807) is 4.90 Å². The monoisotopic (exact) mass is 511 g/mol. The van der Waals surface area contributed by atoms with Crippen molar-refractivity contribution in [1.82, 2.24) is 9.80 Å². The summed E-state index contributed by atoms with van der Waals surface area (Å²) >= 11 is 0. The van der Waals surface area contributed by atoms with Crippen molar-refractivity contribution >= 4 is 23.6 Å². The number of amides is 3. The highest BCUT2D eigenvalue weighted by Crippen LogP contribution is 2.31. The highest BCUT2D eigenvalue weighted by atomic mass is 16.6. The van der Waals surface area contributed by atoms with Crippen LogP contribution < -0.4 is 5.32 Å². The topological polar surface area (TPSA) is 88.2 Å². The van der Waals surface area contributed by atoms with Gasteiger partial charge in [-0.2, -0.15) is 0 Å². The molecule has 1 aliphatic carbocycles. The first kappa shape index (κ1) is 27.2. The molecule has 8 heteroatoms. The van der Waals surface area contributed by atoms with Crippen molar-refractivity contribution < 1.29 is 23.9 Å². The summed E-state index contributed by atoms with van der Waals surface area (Å²) in [6, 6.07) is 5.59. The first-order chi connectivity index (χ1) is 17.5. The number of rotatable bonds is 6. The molecule has 1 aromatic carbocycles. The van der Waals surface area contributed by atoms with Crippen molar-refractivity contribution in [3.05, 3.63) is 41.0 Å². The Hall–Kier alpha value is -2.87. The number of nitrogens with one attached hydrogen (secondary N) is 1. The summed E-state index contributed by atoms with van der Waals surface area (Å²) in [5, 5.41) is 2.97. The molecule has 0 saturated carbocycles. The Morgan fingerprint density at radius 2 is 1.86 bits per heavy atom.